The highest BCUT2D eigenvalue weighted by atomic mass is 79.9. The summed E-state index contributed by atoms with van der Waals surface area (Å²) in [6.45, 7) is 6.75. The monoisotopic (exact) mass is 344 g/mol. The van der Waals surface area contributed by atoms with Crippen molar-refractivity contribution in [1.82, 2.24) is 0 Å². The van der Waals surface area contributed by atoms with E-state index in [1.807, 2.05) is 0 Å². The van der Waals surface area contributed by atoms with Crippen LogP contribution in [0.4, 0.5) is 0 Å². The molecule has 112 valence electrons. The highest BCUT2D eigenvalue weighted by molar-refractivity contribution is 9.09. The number of alkyl halides is 1. The summed E-state index contributed by atoms with van der Waals surface area (Å²) in [4.78, 5) is 0.279. The molecule has 1 atom stereocenters. The molecular formula is C20H25Br. The molecule has 21 heavy (non-hydrogen) atoms. The third kappa shape index (κ3) is 4.71. The second kappa shape index (κ2) is 7.79. The van der Waals surface area contributed by atoms with Crippen LogP contribution in [0.15, 0.2) is 48.5 Å². The molecule has 2 aromatic carbocycles. The third-order valence-corrected chi connectivity index (χ3v) is 4.78. The van der Waals surface area contributed by atoms with Gasteiger partial charge in [-0.05, 0) is 41.0 Å². The Morgan fingerprint density at radius 2 is 1.29 bits per heavy atom. The normalized spacial score (nSPS) is 12.6. The van der Waals surface area contributed by atoms with Crippen LogP contribution in [0.1, 0.15) is 54.3 Å². The molecule has 0 saturated heterocycles. The Labute approximate surface area is 137 Å². The van der Waals surface area contributed by atoms with Gasteiger partial charge in [-0.3, -0.25) is 0 Å². The fourth-order valence-corrected chi connectivity index (χ4v) is 3.24. The summed E-state index contributed by atoms with van der Waals surface area (Å²) < 4.78 is 0. The smallest absolute Gasteiger partial charge is 0.0644 e. The molecule has 0 spiro atoms. The van der Waals surface area contributed by atoms with E-state index in [0.29, 0.717) is 5.92 Å². The largest absolute Gasteiger partial charge is 0.0786 e. The summed E-state index contributed by atoms with van der Waals surface area (Å²) in [5.74, 6) is 0.710. The Hall–Kier alpha value is -1.08. The van der Waals surface area contributed by atoms with E-state index in [-0.39, 0.29) is 4.83 Å². The summed E-state index contributed by atoms with van der Waals surface area (Å²) in [7, 11) is 0. The zero-order valence-corrected chi connectivity index (χ0v) is 14.9. The molecule has 0 radical (unpaired) electrons. The van der Waals surface area contributed by atoms with E-state index in [1.54, 1.807) is 0 Å². The molecule has 0 amide bonds. The quantitative estimate of drug-likeness (QED) is 0.537. The highest BCUT2D eigenvalue weighted by Gasteiger charge is 2.10. The Kier molecular flexibility index (Phi) is 6.05. The molecule has 0 bridgehead atoms. The topological polar surface area (TPSA) is 0 Å². The molecule has 0 heterocycles. The minimum atomic E-state index is 0.279. The predicted molar refractivity (Wildman–Crippen MR) is 96.2 cm³/mol. The van der Waals surface area contributed by atoms with Gasteiger partial charge in [-0.1, -0.05) is 91.7 Å². The summed E-state index contributed by atoms with van der Waals surface area (Å²) in [6.07, 6.45) is 3.52. The van der Waals surface area contributed by atoms with Crippen LogP contribution in [-0.4, -0.2) is 0 Å². The fourth-order valence-electron chi connectivity index (χ4n) is 2.63. The lowest BCUT2D eigenvalue weighted by Crippen LogP contribution is -1.96. The van der Waals surface area contributed by atoms with Crippen molar-refractivity contribution in [1.29, 1.82) is 0 Å². The van der Waals surface area contributed by atoms with Crippen LogP contribution in [0.5, 0.6) is 0 Å². The minimum Gasteiger partial charge on any atom is -0.0786 e. The van der Waals surface area contributed by atoms with E-state index in [1.165, 1.54) is 28.7 Å². The molecule has 0 aliphatic rings. The van der Waals surface area contributed by atoms with Crippen molar-refractivity contribution in [2.75, 3.05) is 0 Å². The molecule has 0 saturated carbocycles. The average molecular weight is 345 g/mol. The molecule has 0 nitrogen and oxygen atoms in total. The zero-order valence-electron chi connectivity index (χ0n) is 13.3. The van der Waals surface area contributed by atoms with E-state index in [9.17, 15) is 0 Å². The van der Waals surface area contributed by atoms with Crippen LogP contribution in [0.3, 0.4) is 0 Å². The molecule has 0 N–H and O–H groups in total. The number of hydrogen-bond donors (Lipinski definition) is 0. The standard InChI is InChI=1S/C20H25Br/c1-4-5-16-6-10-18(11-7-16)20(21)19-12-8-17(9-13-19)14-15(2)3/h6-13,15,20H,4-5,14H2,1-3H3. The van der Waals surface area contributed by atoms with Crippen LogP contribution >= 0.6 is 15.9 Å². The van der Waals surface area contributed by atoms with Crippen LogP contribution in [0, 0.1) is 5.92 Å². The van der Waals surface area contributed by atoms with Crippen LogP contribution in [0.25, 0.3) is 0 Å². The maximum Gasteiger partial charge on any atom is 0.0644 e. The SMILES string of the molecule is CCCc1ccc(C(Br)c2ccc(CC(C)C)cc2)cc1. The van der Waals surface area contributed by atoms with Crippen LogP contribution in [-0.2, 0) is 12.8 Å². The maximum absolute atomic E-state index is 3.83. The van der Waals surface area contributed by atoms with Crippen molar-refractivity contribution in [3.8, 4) is 0 Å². The van der Waals surface area contributed by atoms with Crippen LogP contribution < -0.4 is 0 Å². The molecule has 0 fully saturated rings. The van der Waals surface area contributed by atoms with Crippen molar-refractivity contribution in [3.63, 3.8) is 0 Å². The van der Waals surface area contributed by atoms with Crippen molar-refractivity contribution in [2.45, 2.75) is 44.9 Å². The molecule has 0 aromatic heterocycles. The Bertz CT molecular complexity index is 537. The maximum atomic E-state index is 3.83. The van der Waals surface area contributed by atoms with Crippen molar-refractivity contribution < 1.29 is 0 Å². The lowest BCUT2D eigenvalue weighted by atomic mass is 9.98. The molecule has 1 unspecified atom stereocenters. The third-order valence-electron chi connectivity index (χ3n) is 3.73. The van der Waals surface area contributed by atoms with Gasteiger partial charge in [0.25, 0.3) is 0 Å². The Morgan fingerprint density at radius 3 is 1.71 bits per heavy atom. The first-order valence-corrected chi connectivity index (χ1v) is 8.83. The number of rotatable bonds is 6. The summed E-state index contributed by atoms with van der Waals surface area (Å²) in [5.41, 5.74) is 5.50. The first-order chi connectivity index (χ1) is 10.1. The van der Waals surface area contributed by atoms with Gasteiger partial charge >= 0.3 is 0 Å². The predicted octanol–water partition coefficient (Wildman–Crippen LogP) is 6.32. The number of halogens is 1. The van der Waals surface area contributed by atoms with E-state index in [2.05, 4.69) is 85.2 Å². The number of hydrogen-bond acceptors (Lipinski definition) is 0. The van der Waals surface area contributed by atoms with E-state index < -0.39 is 0 Å². The van der Waals surface area contributed by atoms with Gasteiger partial charge in [-0.2, -0.15) is 0 Å². The molecule has 1 heteroatoms. The first kappa shape index (κ1) is 16.3. The van der Waals surface area contributed by atoms with Gasteiger partial charge in [0.15, 0.2) is 0 Å². The summed E-state index contributed by atoms with van der Waals surface area (Å²) in [6, 6.07) is 18.0. The lowest BCUT2D eigenvalue weighted by molar-refractivity contribution is 0.647. The number of aryl methyl sites for hydroxylation is 1. The van der Waals surface area contributed by atoms with Gasteiger partial charge in [0.1, 0.15) is 0 Å². The van der Waals surface area contributed by atoms with E-state index >= 15 is 0 Å². The van der Waals surface area contributed by atoms with E-state index in [4.69, 9.17) is 0 Å². The average Bonchev–Trinajstić information content (AvgIpc) is 2.48. The van der Waals surface area contributed by atoms with Crippen LogP contribution in [0.2, 0.25) is 0 Å². The van der Waals surface area contributed by atoms with Crippen molar-refractivity contribution >= 4 is 15.9 Å². The van der Waals surface area contributed by atoms with Gasteiger partial charge < -0.3 is 0 Å². The molecule has 0 aliphatic heterocycles. The molecular weight excluding hydrogens is 320 g/mol. The molecule has 2 aromatic rings. The van der Waals surface area contributed by atoms with Crippen molar-refractivity contribution in [2.24, 2.45) is 5.92 Å². The minimum absolute atomic E-state index is 0.279. The van der Waals surface area contributed by atoms with Crippen molar-refractivity contribution in [3.05, 3.63) is 70.8 Å². The first-order valence-electron chi connectivity index (χ1n) is 7.92. The molecule has 2 rings (SSSR count). The number of benzene rings is 2. The van der Waals surface area contributed by atoms with Gasteiger partial charge in [0, 0.05) is 0 Å². The van der Waals surface area contributed by atoms with Gasteiger partial charge in [0.05, 0.1) is 4.83 Å². The van der Waals surface area contributed by atoms with Gasteiger partial charge in [-0.25, -0.2) is 0 Å². The van der Waals surface area contributed by atoms with E-state index in [0.717, 1.165) is 12.8 Å². The zero-order chi connectivity index (χ0) is 15.2. The molecule has 0 aliphatic carbocycles. The summed E-state index contributed by atoms with van der Waals surface area (Å²) in [5, 5.41) is 0. The summed E-state index contributed by atoms with van der Waals surface area (Å²) >= 11 is 3.83. The Balaban J connectivity index is 2.09. The second-order valence-corrected chi connectivity index (χ2v) is 7.11. The van der Waals surface area contributed by atoms with Gasteiger partial charge in [-0.15, -0.1) is 0 Å². The fraction of sp³-hybridized carbons (Fsp3) is 0.400. The highest BCUT2D eigenvalue weighted by Crippen LogP contribution is 2.31. The van der Waals surface area contributed by atoms with Gasteiger partial charge in [0.2, 0.25) is 0 Å². The lowest BCUT2D eigenvalue weighted by Gasteiger charge is -2.13. The second-order valence-electron chi connectivity index (χ2n) is 6.19. The Morgan fingerprint density at radius 1 is 0.810 bits per heavy atom.